The van der Waals surface area contributed by atoms with E-state index in [1.165, 1.54) is 54.1 Å². The van der Waals surface area contributed by atoms with E-state index in [9.17, 15) is 0 Å². The maximum atomic E-state index is 6.62. The van der Waals surface area contributed by atoms with Gasteiger partial charge in [-0.1, -0.05) is 45.0 Å². The highest BCUT2D eigenvalue weighted by Crippen LogP contribution is 2.55. The van der Waals surface area contributed by atoms with Crippen LogP contribution in [-0.4, -0.2) is 26.7 Å². The number of hydrogen-bond donors (Lipinski definition) is 0. The van der Waals surface area contributed by atoms with Crippen LogP contribution in [0.5, 0.6) is 11.5 Å². The summed E-state index contributed by atoms with van der Waals surface area (Å²) in [5, 5.41) is 2.38. The molecular weight excluding hydrogens is 566 g/mol. The molecule has 3 aromatic carbocycles. The van der Waals surface area contributed by atoms with E-state index in [-0.39, 0.29) is 11.0 Å². The van der Waals surface area contributed by atoms with E-state index in [0.29, 0.717) is 0 Å². The lowest BCUT2D eigenvalue weighted by Crippen LogP contribution is -2.46. The Kier molecular flexibility index (Phi) is 6.02. The second-order valence-electron chi connectivity index (χ2n) is 14.5. The van der Waals surface area contributed by atoms with Crippen molar-refractivity contribution in [2.45, 2.75) is 63.8 Å². The molecule has 0 spiro atoms. The molecule has 0 amide bonds. The number of para-hydroxylation sites is 1. The van der Waals surface area contributed by atoms with Crippen LogP contribution >= 0.6 is 0 Å². The topological polar surface area (TPSA) is 46.4 Å². The van der Waals surface area contributed by atoms with Crippen molar-refractivity contribution in [3.05, 3.63) is 109 Å². The lowest BCUT2D eigenvalue weighted by Gasteiger charge is -2.39. The molecule has 2 bridgehead atoms. The number of pyridine rings is 2. The van der Waals surface area contributed by atoms with Gasteiger partial charge in [0.25, 0.3) is 0 Å². The first-order chi connectivity index (χ1) is 22.4. The van der Waals surface area contributed by atoms with E-state index in [4.69, 9.17) is 14.7 Å². The molecule has 0 atom stereocenters. The third-order valence-electron chi connectivity index (χ3n) is 10.7. The molecule has 6 heteroatoms. The Balaban J connectivity index is 1.08. The number of rotatable bonds is 5. The lowest BCUT2D eigenvalue weighted by atomic mass is 9.88. The van der Waals surface area contributed by atoms with Crippen molar-refractivity contribution in [2.75, 3.05) is 16.5 Å². The van der Waals surface area contributed by atoms with Crippen molar-refractivity contribution >= 4 is 39.0 Å². The zero-order chi connectivity index (χ0) is 31.0. The molecule has 230 valence electrons. The van der Waals surface area contributed by atoms with Crippen LogP contribution in [0.4, 0.5) is 17.2 Å². The van der Waals surface area contributed by atoms with E-state index in [1.54, 1.807) is 0 Å². The number of anilines is 3. The molecule has 0 unspecified atom stereocenters. The summed E-state index contributed by atoms with van der Waals surface area (Å²) in [4.78, 5) is 14.7. The number of aromatic nitrogens is 3. The summed E-state index contributed by atoms with van der Waals surface area (Å²) in [7, 11) is 0. The lowest BCUT2D eigenvalue weighted by molar-refractivity contribution is 0.390. The Morgan fingerprint density at radius 1 is 0.761 bits per heavy atom. The standard InChI is InChI=1S/C40H39N5O/c1-39(2,3)28-17-21-41-37(22-28)45-34-11-5-4-10-32(34)33-14-13-31(24-36(33)45)46-30-9-6-8-29(23-30)43-26-44(35-12-7-20-42-38(35)43)40-18-15-27(25-40)16-19-40/h4-14,17,20-24,27H,15-16,18-19,25-26H2,1-3H3. The van der Waals surface area contributed by atoms with Gasteiger partial charge in [0.2, 0.25) is 0 Å². The number of ether oxygens (including phenoxy) is 1. The van der Waals surface area contributed by atoms with Crippen LogP contribution in [0.2, 0.25) is 0 Å². The SMILES string of the molecule is CC(C)(C)c1ccnc(-n2c3ccccc3c3ccc(Oc4cccc(N5CN(C67CCC(CC6)C7)c6cccnc65)c4)cc32)c1. The van der Waals surface area contributed by atoms with Gasteiger partial charge in [0.05, 0.1) is 23.4 Å². The summed E-state index contributed by atoms with van der Waals surface area (Å²) >= 11 is 0. The summed E-state index contributed by atoms with van der Waals surface area (Å²) in [6, 6.07) is 32.1. The molecule has 2 fully saturated rings. The third-order valence-corrected chi connectivity index (χ3v) is 10.7. The van der Waals surface area contributed by atoms with Gasteiger partial charge in [-0.05, 0) is 104 Å². The third kappa shape index (κ3) is 4.30. The molecule has 2 aliphatic carbocycles. The first-order valence-corrected chi connectivity index (χ1v) is 16.6. The largest absolute Gasteiger partial charge is 0.457 e. The summed E-state index contributed by atoms with van der Waals surface area (Å²) in [5.74, 6) is 4.45. The van der Waals surface area contributed by atoms with Gasteiger partial charge in [0, 0.05) is 46.5 Å². The first-order valence-electron chi connectivity index (χ1n) is 16.6. The molecule has 3 aromatic heterocycles. The van der Waals surface area contributed by atoms with Crippen molar-refractivity contribution in [1.29, 1.82) is 0 Å². The minimum atomic E-state index is 0.0223. The highest BCUT2D eigenvalue weighted by atomic mass is 16.5. The average molecular weight is 606 g/mol. The molecule has 0 N–H and O–H groups in total. The molecule has 3 aliphatic rings. The van der Waals surface area contributed by atoms with Gasteiger partial charge in [-0.3, -0.25) is 4.57 Å². The second kappa shape index (κ2) is 10.1. The van der Waals surface area contributed by atoms with Crippen LogP contribution in [-0.2, 0) is 5.41 Å². The smallest absolute Gasteiger partial charge is 0.158 e. The van der Waals surface area contributed by atoms with Crippen LogP contribution in [0.1, 0.15) is 58.4 Å². The van der Waals surface area contributed by atoms with Crippen molar-refractivity contribution in [2.24, 2.45) is 5.92 Å². The summed E-state index contributed by atoms with van der Waals surface area (Å²) < 4.78 is 8.88. The molecule has 9 rings (SSSR count). The molecule has 4 heterocycles. The van der Waals surface area contributed by atoms with E-state index in [0.717, 1.165) is 52.4 Å². The van der Waals surface area contributed by atoms with Crippen molar-refractivity contribution in [3.8, 4) is 17.3 Å². The number of fused-ring (bicyclic) bond motifs is 6. The molecule has 1 aliphatic heterocycles. The predicted octanol–water partition coefficient (Wildman–Crippen LogP) is 9.91. The predicted molar refractivity (Wildman–Crippen MR) is 187 cm³/mol. The van der Waals surface area contributed by atoms with Crippen LogP contribution < -0.4 is 14.5 Å². The van der Waals surface area contributed by atoms with E-state index in [2.05, 4.69) is 120 Å². The Morgan fingerprint density at radius 2 is 1.59 bits per heavy atom. The maximum Gasteiger partial charge on any atom is 0.158 e. The number of benzene rings is 3. The highest BCUT2D eigenvalue weighted by Gasteiger charge is 2.51. The number of nitrogens with zero attached hydrogens (tertiary/aromatic N) is 5. The molecule has 0 saturated heterocycles. The van der Waals surface area contributed by atoms with E-state index in [1.807, 2.05) is 18.5 Å². The van der Waals surface area contributed by atoms with E-state index < -0.39 is 0 Å². The monoisotopic (exact) mass is 605 g/mol. The normalized spacial score (nSPS) is 20.6. The zero-order valence-electron chi connectivity index (χ0n) is 26.8. The van der Waals surface area contributed by atoms with Crippen LogP contribution in [0, 0.1) is 5.92 Å². The van der Waals surface area contributed by atoms with Gasteiger partial charge in [-0.2, -0.15) is 0 Å². The molecule has 6 aromatic rings. The fourth-order valence-electron chi connectivity index (χ4n) is 8.36. The summed E-state index contributed by atoms with van der Waals surface area (Å²) in [6.45, 7) is 7.55. The van der Waals surface area contributed by atoms with Gasteiger partial charge in [0.1, 0.15) is 17.3 Å². The Labute approximate surface area is 270 Å². The van der Waals surface area contributed by atoms with E-state index >= 15 is 0 Å². The fraction of sp³-hybridized carbons (Fsp3) is 0.300. The van der Waals surface area contributed by atoms with Crippen molar-refractivity contribution < 1.29 is 4.74 Å². The minimum Gasteiger partial charge on any atom is -0.457 e. The molecule has 6 nitrogen and oxygen atoms in total. The molecular formula is C40H39N5O. The van der Waals surface area contributed by atoms with Crippen LogP contribution in [0.3, 0.4) is 0 Å². The van der Waals surface area contributed by atoms with Gasteiger partial charge in [-0.25, -0.2) is 9.97 Å². The quantitative estimate of drug-likeness (QED) is 0.196. The van der Waals surface area contributed by atoms with Gasteiger partial charge < -0.3 is 14.5 Å². The minimum absolute atomic E-state index is 0.0223. The fourth-order valence-corrected chi connectivity index (χ4v) is 8.36. The molecule has 2 saturated carbocycles. The van der Waals surface area contributed by atoms with Crippen LogP contribution in [0.15, 0.2) is 103 Å². The number of hydrogen-bond acceptors (Lipinski definition) is 5. The Bertz CT molecular complexity index is 2120. The molecule has 0 radical (unpaired) electrons. The first kappa shape index (κ1) is 27.5. The molecule has 46 heavy (non-hydrogen) atoms. The highest BCUT2D eigenvalue weighted by molar-refractivity contribution is 6.09. The second-order valence-corrected chi connectivity index (χ2v) is 14.5. The Hall–Kier alpha value is -4.84. The zero-order valence-corrected chi connectivity index (χ0v) is 26.8. The van der Waals surface area contributed by atoms with Gasteiger partial charge >= 0.3 is 0 Å². The summed E-state index contributed by atoms with van der Waals surface area (Å²) in [6.07, 6.45) is 10.4. The van der Waals surface area contributed by atoms with Crippen molar-refractivity contribution in [1.82, 2.24) is 14.5 Å². The van der Waals surface area contributed by atoms with Gasteiger partial charge in [-0.15, -0.1) is 0 Å². The van der Waals surface area contributed by atoms with Crippen molar-refractivity contribution in [3.63, 3.8) is 0 Å². The van der Waals surface area contributed by atoms with Gasteiger partial charge in [0.15, 0.2) is 5.82 Å². The van der Waals surface area contributed by atoms with Crippen LogP contribution in [0.25, 0.3) is 27.6 Å². The average Bonchev–Trinajstić information content (AvgIpc) is 3.85. The maximum absolute atomic E-state index is 6.62. The summed E-state index contributed by atoms with van der Waals surface area (Å²) in [5.41, 5.74) is 6.13. The Morgan fingerprint density at radius 3 is 2.41 bits per heavy atom.